The van der Waals surface area contributed by atoms with Crippen LogP contribution < -0.4 is 4.74 Å². The third-order valence-corrected chi connectivity index (χ3v) is 3.55. The Kier molecular flexibility index (Phi) is 2.47. The second-order valence-electron chi connectivity index (χ2n) is 4.51. The summed E-state index contributed by atoms with van der Waals surface area (Å²) in [6.45, 7) is 2.23. The van der Waals surface area contributed by atoms with Crippen LogP contribution in [0.2, 0.25) is 0 Å². The van der Waals surface area contributed by atoms with Crippen LogP contribution in [-0.4, -0.2) is 21.6 Å². The molecule has 1 aliphatic rings. The minimum atomic E-state index is 0.419. The Morgan fingerprint density at radius 3 is 2.82 bits per heavy atom. The lowest BCUT2D eigenvalue weighted by atomic mass is 10.4. The molecule has 90 valence electrons. The number of halogens is 1. The van der Waals surface area contributed by atoms with Gasteiger partial charge in [-0.05, 0) is 18.4 Å². The van der Waals surface area contributed by atoms with Gasteiger partial charge >= 0.3 is 0 Å². The second kappa shape index (κ2) is 3.88. The van der Waals surface area contributed by atoms with Gasteiger partial charge in [-0.3, -0.25) is 0 Å². The third kappa shape index (κ3) is 1.67. The molecule has 1 aliphatic carbocycles. The summed E-state index contributed by atoms with van der Waals surface area (Å²) >= 11 is 5.95. The molecule has 17 heavy (non-hydrogen) atoms. The van der Waals surface area contributed by atoms with Crippen molar-refractivity contribution in [2.75, 3.05) is 7.11 Å². The first-order valence-electron chi connectivity index (χ1n) is 5.72. The summed E-state index contributed by atoms with van der Waals surface area (Å²) in [6, 6.07) is 4.25. The van der Waals surface area contributed by atoms with Crippen LogP contribution in [0.5, 0.6) is 5.88 Å². The summed E-state index contributed by atoms with van der Waals surface area (Å²) in [7, 11) is 1.62. The lowest BCUT2D eigenvalue weighted by molar-refractivity contribution is 0.399. The predicted octanol–water partition coefficient (Wildman–Crippen LogP) is 2.76. The van der Waals surface area contributed by atoms with Gasteiger partial charge in [-0.15, -0.1) is 11.6 Å². The zero-order chi connectivity index (χ0) is 12.0. The van der Waals surface area contributed by atoms with E-state index in [0.717, 1.165) is 17.0 Å². The van der Waals surface area contributed by atoms with Gasteiger partial charge in [-0.25, -0.2) is 4.98 Å². The van der Waals surface area contributed by atoms with Crippen molar-refractivity contribution in [3.63, 3.8) is 0 Å². The van der Waals surface area contributed by atoms with E-state index in [-0.39, 0.29) is 0 Å². The Labute approximate surface area is 105 Å². The molecule has 2 atom stereocenters. The highest BCUT2D eigenvalue weighted by Gasteiger charge is 2.37. The number of imidazole rings is 1. The number of fused-ring (bicyclic) bond motifs is 1. The smallest absolute Gasteiger partial charge is 0.215 e. The number of nitrogens with zero attached hydrogens (tertiary/aromatic N) is 3. The molecule has 0 aliphatic heterocycles. The molecule has 0 radical (unpaired) electrons. The normalized spacial score (nSPS) is 23.0. The molecule has 3 rings (SSSR count). The third-order valence-electron chi connectivity index (χ3n) is 3.31. The SMILES string of the molecule is COc1ccc2nc(CCl)n(C3CC3C)c2n1. The number of aromatic nitrogens is 3. The van der Waals surface area contributed by atoms with Crippen molar-refractivity contribution < 1.29 is 4.74 Å². The molecule has 0 aromatic carbocycles. The first kappa shape index (κ1) is 10.8. The molecule has 4 nitrogen and oxygen atoms in total. The van der Waals surface area contributed by atoms with E-state index in [0.29, 0.717) is 23.7 Å². The second-order valence-corrected chi connectivity index (χ2v) is 4.78. The maximum atomic E-state index is 5.95. The van der Waals surface area contributed by atoms with E-state index >= 15 is 0 Å². The van der Waals surface area contributed by atoms with Gasteiger partial charge in [0.05, 0.1) is 13.0 Å². The van der Waals surface area contributed by atoms with E-state index in [4.69, 9.17) is 16.3 Å². The maximum absolute atomic E-state index is 5.95. The van der Waals surface area contributed by atoms with Crippen molar-refractivity contribution in [3.05, 3.63) is 18.0 Å². The molecule has 2 aromatic heterocycles. The van der Waals surface area contributed by atoms with Crippen molar-refractivity contribution >= 4 is 22.8 Å². The van der Waals surface area contributed by atoms with E-state index < -0.39 is 0 Å². The first-order chi connectivity index (χ1) is 8.24. The number of hydrogen-bond donors (Lipinski definition) is 0. The summed E-state index contributed by atoms with van der Waals surface area (Å²) in [4.78, 5) is 8.99. The molecule has 5 heteroatoms. The molecule has 0 N–H and O–H groups in total. The average Bonchev–Trinajstić information content (AvgIpc) is 2.94. The van der Waals surface area contributed by atoms with Crippen molar-refractivity contribution in [1.29, 1.82) is 0 Å². The lowest BCUT2D eigenvalue weighted by Crippen LogP contribution is -2.02. The van der Waals surface area contributed by atoms with E-state index in [1.807, 2.05) is 12.1 Å². The lowest BCUT2D eigenvalue weighted by Gasteiger charge is -2.05. The Morgan fingerprint density at radius 1 is 1.47 bits per heavy atom. The van der Waals surface area contributed by atoms with Gasteiger partial charge in [-0.1, -0.05) is 6.92 Å². The summed E-state index contributed by atoms with van der Waals surface area (Å²) in [6.07, 6.45) is 1.17. The van der Waals surface area contributed by atoms with E-state index in [1.165, 1.54) is 6.42 Å². The fourth-order valence-corrected chi connectivity index (χ4v) is 2.41. The number of rotatable bonds is 3. The Hall–Kier alpha value is -1.29. The highest BCUT2D eigenvalue weighted by molar-refractivity contribution is 6.16. The van der Waals surface area contributed by atoms with E-state index in [9.17, 15) is 0 Å². The number of alkyl halides is 1. The molecule has 0 bridgehead atoms. The van der Waals surface area contributed by atoms with Gasteiger partial charge in [0.25, 0.3) is 0 Å². The van der Waals surface area contributed by atoms with Crippen molar-refractivity contribution in [2.45, 2.75) is 25.3 Å². The molecule has 2 aromatic rings. The van der Waals surface area contributed by atoms with Gasteiger partial charge in [0.2, 0.25) is 5.88 Å². The number of pyridine rings is 1. The molecule has 0 saturated heterocycles. The molecule has 2 heterocycles. The standard InChI is InChI=1S/C12H14ClN3O/c1-7-5-9(7)16-10(6-13)14-8-3-4-11(17-2)15-12(8)16/h3-4,7,9H,5-6H2,1-2H3. The molecular formula is C12H14ClN3O. The van der Waals surface area contributed by atoms with Gasteiger partial charge in [0, 0.05) is 12.1 Å². The minimum Gasteiger partial charge on any atom is -0.481 e. The van der Waals surface area contributed by atoms with Crippen molar-refractivity contribution in [2.24, 2.45) is 5.92 Å². The average molecular weight is 252 g/mol. The number of ether oxygens (including phenoxy) is 1. The van der Waals surface area contributed by atoms with Crippen LogP contribution in [0.3, 0.4) is 0 Å². The Balaban J connectivity index is 2.20. The van der Waals surface area contributed by atoms with Crippen LogP contribution in [0.25, 0.3) is 11.2 Å². The summed E-state index contributed by atoms with van der Waals surface area (Å²) in [5.41, 5.74) is 1.77. The number of hydrogen-bond acceptors (Lipinski definition) is 3. The van der Waals surface area contributed by atoms with Gasteiger partial charge in [0.15, 0.2) is 5.65 Å². The number of methoxy groups -OCH3 is 1. The molecule has 0 spiro atoms. The zero-order valence-corrected chi connectivity index (χ0v) is 10.6. The molecule has 1 fully saturated rings. The van der Waals surface area contributed by atoms with Crippen molar-refractivity contribution in [1.82, 2.24) is 14.5 Å². The van der Waals surface area contributed by atoms with Crippen LogP contribution in [0.15, 0.2) is 12.1 Å². The van der Waals surface area contributed by atoms with Crippen molar-refractivity contribution in [3.8, 4) is 5.88 Å². The van der Waals surface area contributed by atoms with E-state index in [2.05, 4.69) is 21.5 Å². The van der Waals surface area contributed by atoms with Crippen LogP contribution in [0, 0.1) is 5.92 Å². The van der Waals surface area contributed by atoms with Crippen LogP contribution in [0.4, 0.5) is 0 Å². The Morgan fingerprint density at radius 2 is 2.24 bits per heavy atom. The molecule has 1 saturated carbocycles. The largest absolute Gasteiger partial charge is 0.481 e. The minimum absolute atomic E-state index is 0.419. The molecule has 0 amide bonds. The van der Waals surface area contributed by atoms with Gasteiger partial charge < -0.3 is 9.30 Å². The van der Waals surface area contributed by atoms with Crippen LogP contribution in [0.1, 0.15) is 25.2 Å². The topological polar surface area (TPSA) is 39.9 Å². The molecular weight excluding hydrogens is 238 g/mol. The monoisotopic (exact) mass is 251 g/mol. The van der Waals surface area contributed by atoms with Gasteiger partial charge in [-0.2, -0.15) is 4.98 Å². The Bertz CT molecular complexity index is 566. The quantitative estimate of drug-likeness (QED) is 0.788. The first-order valence-corrected chi connectivity index (χ1v) is 6.26. The zero-order valence-electron chi connectivity index (χ0n) is 9.85. The fraction of sp³-hybridized carbons (Fsp3) is 0.500. The maximum Gasteiger partial charge on any atom is 0.215 e. The highest BCUT2D eigenvalue weighted by atomic mass is 35.5. The van der Waals surface area contributed by atoms with E-state index in [1.54, 1.807) is 7.11 Å². The van der Waals surface area contributed by atoms with Crippen LogP contribution in [-0.2, 0) is 5.88 Å². The van der Waals surface area contributed by atoms with Gasteiger partial charge in [0.1, 0.15) is 11.3 Å². The summed E-state index contributed by atoms with van der Waals surface area (Å²) < 4.78 is 7.32. The van der Waals surface area contributed by atoms with Crippen LogP contribution >= 0.6 is 11.6 Å². The fourth-order valence-electron chi connectivity index (χ4n) is 2.22. The highest BCUT2D eigenvalue weighted by Crippen LogP contribution is 2.45. The predicted molar refractivity (Wildman–Crippen MR) is 66.5 cm³/mol. The summed E-state index contributed by atoms with van der Waals surface area (Å²) in [5, 5.41) is 0. The molecule has 2 unspecified atom stereocenters. The summed E-state index contributed by atoms with van der Waals surface area (Å²) in [5.74, 6) is 2.62.